The van der Waals surface area contributed by atoms with Gasteiger partial charge in [0.2, 0.25) is 5.50 Å². The first-order chi connectivity index (χ1) is 9.42. The number of rotatable bonds is 9. The fraction of sp³-hybridized carbons (Fsp3) is 0.643. The van der Waals surface area contributed by atoms with Crippen molar-refractivity contribution in [2.24, 2.45) is 5.92 Å². The monoisotopic (exact) mass is 302 g/mol. The van der Waals surface area contributed by atoms with Crippen molar-refractivity contribution in [2.75, 3.05) is 13.2 Å². The van der Waals surface area contributed by atoms with E-state index in [0.717, 1.165) is 6.42 Å². The molecular weight excluding hydrogens is 279 g/mol. The lowest BCUT2D eigenvalue weighted by Gasteiger charge is -2.13. The zero-order valence-electron chi connectivity index (χ0n) is 12.5. The Morgan fingerprint density at radius 1 is 1.25 bits per heavy atom. The number of hydrogen-bond donors (Lipinski definition) is 0. The SMILES string of the molecule is CCOP(=O)(OCC)c1ccc(C(=O)CCC(C)C)o1. The zero-order chi connectivity index (χ0) is 15.2. The van der Waals surface area contributed by atoms with Crippen LogP contribution in [-0.2, 0) is 13.6 Å². The van der Waals surface area contributed by atoms with Gasteiger partial charge >= 0.3 is 7.60 Å². The van der Waals surface area contributed by atoms with Crippen LogP contribution < -0.4 is 5.50 Å². The molecule has 20 heavy (non-hydrogen) atoms. The Kier molecular flexibility index (Phi) is 6.66. The molecule has 0 unspecified atom stereocenters. The van der Waals surface area contributed by atoms with E-state index in [1.165, 1.54) is 12.1 Å². The van der Waals surface area contributed by atoms with Crippen LogP contribution in [0.5, 0.6) is 0 Å². The summed E-state index contributed by atoms with van der Waals surface area (Å²) >= 11 is 0. The molecule has 0 spiro atoms. The molecule has 0 aromatic carbocycles. The van der Waals surface area contributed by atoms with Crippen molar-refractivity contribution in [3.63, 3.8) is 0 Å². The number of carbonyl (C=O) groups excluding carboxylic acids is 1. The predicted molar refractivity (Wildman–Crippen MR) is 77.6 cm³/mol. The predicted octanol–water partition coefficient (Wildman–Crippen LogP) is 3.79. The molecule has 5 nitrogen and oxygen atoms in total. The summed E-state index contributed by atoms with van der Waals surface area (Å²) in [4.78, 5) is 11.9. The molecule has 0 radical (unpaired) electrons. The molecule has 1 rings (SSSR count). The largest absolute Gasteiger partial charge is 0.445 e. The summed E-state index contributed by atoms with van der Waals surface area (Å²) in [5.41, 5.74) is 0.0918. The second-order valence-electron chi connectivity index (χ2n) is 4.83. The minimum absolute atomic E-state index is 0.0918. The Bertz CT molecular complexity index is 468. The lowest BCUT2D eigenvalue weighted by Crippen LogP contribution is -2.09. The lowest BCUT2D eigenvalue weighted by molar-refractivity contribution is 0.0949. The molecule has 0 N–H and O–H groups in total. The maximum atomic E-state index is 12.5. The fourth-order valence-electron chi connectivity index (χ4n) is 1.67. The van der Waals surface area contributed by atoms with Crippen molar-refractivity contribution in [1.82, 2.24) is 0 Å². The van der Waals surface area contributed by atoms with Gasteiger partial charge in [0, 0.05) is 6.42 Å². The van der Waals surface area contributed by atoms with Crippen molar-refractivity contribution in [3.05, 3.63) is 17.9 Å². The molecule has 1 aromatic rings. The van der Waals surface area contributed by atoms with E-state index in [0.29, 0.717) is 12.3 Å². The number of furan rings is 1. The van der Waals surface area contributed by atoms with Gasteiger partial charge in [-0.3, -0.25) is 9.36 Å². The highest BCUT2D eigenvalue weighted by molar-refractivity contribution is 7.61. The van der Waals surface area contributed by atoms with Crippen LogP contribution in [-0.4, -0.2) is 19.0 Å². The smallest absolute Gasteiger partial charge is 0.396 e. The molecule has 0 saturated carbocycles. The van der Waals surface area contributed by atoms with Gasteiger partial charge in [-0.05, 0) is 38.3 Å². The van der Waals surface area contributed by atoms with Gasteiger partial charge in [-0.15, -0.1) is 0 Å². The van der Waals surface area contributed by atoms with Gasteiger partial charge in [-0.2, -0.15) is 0 Å². The average molecular weight is 302 g/mol. The average Bonchev–Trinajstić information content (AvgIpc) is 2.86. The number of ketones is 1. The van der Waals surface area contributed by atoms with Crippen molar-refractivity contribution >= 4 is 18.9 Å². The number of carbonyl (C=O) groups is 1. The van der Waals surface area contributed by atoms with Gasteiger partial charge in [-0.25, -0.2) is 0 Å². The van der Waals surface area contributed by atoms with Gasteiger partial charge < -0.3 is 13.5 Å². The lowest BCUT2D eigenvalue weighted by atomic mass is 10.1. The Hall–Kier alpha value is -0.900. The van der Waals surface area contributed by atoms with E-state index < -0.39 is 7.60 Å². The van der Waals surface area contributed by atoms with Gasteiger partial charge in [0.1, 0.15) is 0 Å². The van der Waals surface area contributed by atoms with Gasteiger partial charge in [0.15, 0.2) is 11.5 Å². The molecule has 0 aliphatic rings. The molecule has 0 aliphatic heterocycles. The minimum atomic E-state index is -3.45. The molecule has 1 aromatic heterocycles. The van der Waals surface area contributed by atoms with Crippen LogP contribution in [0.25, 0.3) is 0 Å². The second-order valence-corrected chi connectivity index (χ2v) is 6.78. The Morgan fingerprint density at radius 3 is 2.35 bits per heavy atom. The van der Waals surface area contributed by atoms with Crippen LogP contribution in [0, 0.1) is 5.92 Å². The van der Waals surface area contributed by atoms with E-state index in [9.17, 15) is 9.36 Å². The van der Waals surface area contributed by atoms with Crippen LogP contribution >= 0.6 is 7.60 Å². The normalized spacial score (nSPS) is 12.1. The van der Waals surface area contributed by atoms with Gasteiger partial charge in [0.05, 0.1) is 13.2 Å². The van der Waals surface area contributed by atoms with Gasteiger partial charge in [0.25, 0.3) is 0 Å². The highest BCUT2D eigenvalue weighted by Crippen LogP contribution is 2.47. The molecule has 6 heteroatoms. The van der Waals surface area contributed by atoms with Crippen LogP contribution in [0.2, 0.25) is 0 Å². The summed E-state index contributed by atoms with van der Waals surface area (Å²) in [5.74, 6) is 0.566. The topological polar surface area (TPSA) is 65.7 Å². The van der Waals surface area contributed by atoms with E-state index in [2.05, 4.69) is 13.8 Å². The van der Waals surface area contributed by atoms with Crippen LogP contribution in [0.15, 0.2) is 16.5 Å². The summed E-state index contributed by atoms with van der Waals surface area (Å²) in [5, 5.41) is 0. The molecular formula is C14H23O5P. The van der Waals surface area contributed by atoms with E-state index in [4.69, 9.17) is 13.5 Å². The van der Waals surface area contributed by atoms with Crippen molar-refractivity contribution in [1.29, 1.82) is 0 Å². The van der Waals surface area contributed by atoms with Crippen molar-refractivity contribution in [2.45, 2.75) is 40.5 Å². The quantitative estimate of drug-likeness (QED) is 0.513. The third kappa shape index (κ3) is 4.58. The molecule has 0 saturated heterocycles. The molecule has 0 atom stereocenters. The highest BCUT2D eigenvalue weighted by Gasteiger charge is 2.31. The van der Waals surface area contributed by atoms with Crippen LogP contribution in [0.1, 0.15) is 51.1 Å². The molecule has 0 bridgehead atoms. The fourth-order valence-corrected chi connectivity index (χ4v) is 3.15. The summed E-state index contributed by atoms with van der Waals surface area (Å²) < 4.78 is 28.2. The van der Waals surface area contributed by atoms with Crippen LogP contribution in [0.4, 0.5) is 0 Å². The molecule has 114 valence electrons. The Labute approximate surface area is 120 Å². The first-order valence-corrected chi connectivity index (χ1v) is 8.50. The van der Waals surface area contributed by atoms with Crippen LogP contribution in [0.3, 0.4) is 0 Å². The first kappa shape index (κ1) is 17.2. The van der Waals surface area contributed by atoms with Crippen molar-refractivity contribution in [3.8, 4) is 0 Å². The van der Waals surface area contributed by atoms with E-state index in [1.54, 1.807) is 13.8 Å². The number of Topliss-reactive ketones (excluding diaryl/α,β-unsaturated/α-hetero) is 1. The summed E-state index contributed by atoms with van der Waals surface area (Å²) in [6.07, 6.45) is 1.21. The standard InChI is InChI=1S/C14H23O5P/c1-5-17-20(16,18-6-2)14-10-9-13(19-14)12(15)8-7-11(3)4/h9-11H,5-8H2,1-4H3. The third-order valence-corrected chi connectivity index (χ3v) is 4.66. The van der Waals surface area contributed by atoms with E-state index in [-0.39, 0.29) is 30.3 Å². The summed E-state index contributed by atoms with van der Waals surface area (Å²) in [7, 11) is -3.45. The molecule has 0 fully saturated rings. The molecule has 0 aliphatic carbocycles. The zero-order valence-corrected chi connectivity index (χ0v) is 13.4. The molecule has 1 heterocycles. The Balaban J connectivity index is 2.84. The summed E-state index contributed by atoms with van der Waals surface area (Å²) in [6.45, 7) is 8.05. The maximum Gasteiger partial charge on any atom is 0.396 e. The van der Waals surface area contributed by atoms with E-state index >= 15 is 0 Å². The Morgan fingerprint density at radius 2 is 1.85 bits per heavy atom. The summed E-state index contributed by atoms with van der Waals surface area (Å²) in [6, 6.07) is 3.03. The number of hydrogen-bond acceptors (Lipinski definition) is 5. The minimum Gasteiger partial charge on any atom is -0.445 e. The third-order valence-electron chi connectivity index (χ3n) is 2.68. The first-order valence-electron chi connectivity index (χ1n) is 6.95. The van der Waals surface area contributed by atoms with E-state index in [1.807, 2.05) is 0 Å². The van der Waals surface area contributed by atoms with Crippen molar-refractivity contribution < 1.29 is 22.8 Å². The van der Waals surface area contributed by atoms with Gasteiger partial charge in [-0.1, -0.05) is 13.8 Å². The second kappa shape index (κ2) is 7.77. The molecule has 0 amide bonds. The maximum absolute atomic E-state index is 12.5. The highest BCUT2D eigenvalue weighted by atomic mass is 31.2.